The van der Waals surface area contributed by atoms with Crippen LogP contribution in [0, 0.1) is 0 Å². The van der Waals surface area contributed by atoms with E-state index in [0.717, 1.165) is 44.8 Å². The van der Waals surface area contributed by atoms with Crippen LogP contribution < -0.4 is 4.90 Å². The van der Waals surface area contributed by atoms with Crippen LogP contribution in [0.4, 0.5) is 5.69 Å². The summed E-state index contributed by atoms with van der Waals surface area (Å²) in [5.74, 6) is 0.0775. The lowest BCUT2D eigenvalue weighted by Crippen LogP contribution is -2.52. The lowest BCUT2D eigenvalue weighted by atomic mass is 9.74. The van der Waals surface area contributed by atoms with E-state index >= 15 is 0 Å². The summed E-state index contributed by atoms with van der Waals surface area (Å²) in [7, 11) is 0. The van der Waals surface area contributed by atoms with Gasteiger partial charge in [0.25, 0.3) is 5.91 Å². The highest BCUT2D eigenvalue weighted by molar-refractivity contribution is 6.30. The number of nitrogens with zero attached hydrogens (tertiary/aromatic N) is 2. The molecule has 0 saturated carbocycles. The Bertz CT molecular complexity index is 1710. The van der Waals surface area contributed by atoms with Crippen molar-refractivity contribution in [3.05, 3.63) is 148 Å². The molecule has 2 aliphatic rings. The van der Waals surface area contributed by atoms with Crippen LogP contribution in [0.3, 0.4) is 0 Å². The highest BCUT2D eigenvalue weighted by Gasteiger charge is 2.58. The lowest BCUT2D eigenvalue weighted by molar-refractivity contribution is 0.0711. The van der Waals surface area contributed by atoms with Crippen molar-refractivity contribution in [2.24, 2.45) is 0 Å². The van der Waals surface area contributed by atoms with Crippen molar-refractivity contribution in [1.29, 1.82) is 0 Å². The van der Waals surface area contributed by atoms with Crippen LogP contribution in [-0.2, 0) is 18.4 Å². The Kier molecular flexibility index (Phi) is 6.30. The number of amides is 1. The highest BCUT2D eigenvalue weighted by atomic mass is 35.5. The van der Waals surface area contributed by atoms with Gasteiger partial charge in [0.05, 0.1) is 0 Å². The third-order valence-corrected chi connectivity index (χ3v) is 9.12. The van der Waals surface area contributed by atoms with E-state index in [9.17, 15) is 4.79 Å². The van der Waals surface area contributed by atoms with Crippen molar-refractivity contribution < 1.29 is 4.79 Å². The molecule has 2 unspecified atom stereocenters. The molecule has 0 radical (unpaired) electrons. The first-order valence-corrected chi connectivity index (χ1v) is 14.4. The maximum atomic E-state index is 14.5. The van der Waals surface area contributed by atoms with E-state index in [2.05, 4.69) is 76.5 Å². The summed E-state index contributed by atoms with van der Waals surface area (Å²) in [6.07, 6.45) is 1.57. The molecule has 5 aromatic carbocycles. The van der Waals surface area contributed by atoms with Gasteiger partial charge in [-0.05, 0) is 76.7 Å². The summed E-state index contributed by atoms with van der Waals surface area (Å²) in [4.78, 5) is 19.1. The minimum absolute atomic E-state index is 0.0775. The minimum atomic E-state index is -0.253. The fourth-order valence-electron chi connectivity index (χ4n) is 6.87. The minimum Gasteiger partial charge on any atom is -0.346 e. The lowest BCUT2D eigenvalue weighted by Gasteiger charge is -2.39. The summed E-state index contributed by atoms with van der Waals surface area (Å²) in [6, 6.07) is 39.0. The van der Waals surface area contributed by atoms with Gasteiger partial charge in [-0.1, -0.05) is 102 Å². The van der Waals surface area contributed by atoms with Gasteiger partial charge < -0.3 is 9.80 Å². The molecular weight excluding hydrogens is 535 g/mol. The number of carbonyl (C=O) groups is 1. The zero-order chi connectivity index (χ0) is 27.3. The molecule has 1 fully saturated rings. The topological polar surface area (TPSA) is 23.6 Å². The molecule has 0 aliphatic carbocycles. The van der Waals surface area contributed by atoms with Crippen molar-refractivity contribution in [3.8, 4) is 0 Å². The maximum absolute atomic E-state index is 14.5. The van der Waals surface area contributed by atoms with Gasteiger partial charge in [0, 0.05) is 39.8 Å². The number of hydrogen-bond acceptors (Lipinski definition) is 2. The molecule has 5 heteroatoms. The number of anilines is 1. The predicted molar refractivity (Wildman–Crippen MR) is 164 cm³/mol. The van der Waals surface area contributed by atoms with Crippen molar-refractivity contribution in [2.45, 2.75) is 31.0 Å². The normalized spacial score (nSPS) is 19.6. The third-order valence-electron chi connectivity index (χ3n) is 8.61. The fourth-order valence-corrected chi connectivity index (χ4v) is 7.12. The Balaban J connectivity index is 1.37. The number of likely N-dealkylation sites (tertiary alicyclic amines) is 1. The largest absolute Gasteiger partial charge is 0.346 e. The number of carbonyl (C=O) groups excluding carboxylic acids is 1. The first-order valence-electron chi connectivity index (χ1n) is 13.7. The van der Waals surface area contributed by atoms with Gasteiger partial charge in [0.1, 0.15) is 6.17 Å². The van der Waals surface area contributed by atoms with Gasteiger partial charge in [-0.3, -0.25) is 4.79 Å². The molecule has 2 heterocycles. The number of rotatable bonds is 5. The highest BCUT2D eigenvalue weighted by Crippen LogP contribution is 2.54. The van der Waals surface area contributed by atoms with Crippen molar-refractivity contribution in [3.63, 3.8) is 0 Å². The molecule has 1 amide bonds. The Hall–Kier alpha value is -3.79. The number of halogens is 2. The molecule has 0 bridgehead atoms. The molecule has 0 aromatic heterocycles. The summed E-state index contributed by atoms with van der Waals surface area (Å²) in [5, 5.41) is 3.52. The van der Waals surface area contributed by atoms with Crippen LogP contribution in [0.2, 0.25) is 10.0 Å². The Morgan fingerprint density at radius 3 is 2.17 bits per heavy atom. The number of fused-ring (bicyclic) bond motifs is 4. The Morgan fingerprint density at radius 2 is 1.40 bits per heavy atom. The smallest absolute Gasteiger partial charge is 0.256 e. The van der Waals surface area contributed by atoms with Crippen LogP contribution in [0.5, 0.6) is 0 Å². The van der Waals surface area contributed by atoms with Crippen LogP contribution in [0.25, 0.3) is 10.8 Å². The van der Waals surface area contributed by atoms with Crippen LogP contribution in [0.15, 0.2) is 115 Å². The van der Waals surface area contributed by atoms with Crippen LogP contribution in [0.1, 0.15) is 33.5 Å². The van der Waals surface area contributed by atoms with Gasteiger partial charge in [-0.2, -0.15) is 0 Å². The van der Waals surface area contributed by atoms with Crippen molar-refractivity contribution in [2.75, 3.05) is 11.4 Å². The number of hydrogen-bond donors (Lipinski definition) is 0. The molecule has 2 atom stereocenters. The SMILES string of the molecule is O=C(c1cccc2ccccc12)N1CCC2(Cc3ccc(Cl)cc3)c3ccccc3N(Cc3ccc(Cl)cc3)C12. The maximum Gasteiger partial charge on any atom is 0.256 e. The Morgan fingerprint density at radius 1 is 0.750 bits per heavy atom. The van der Waals surface area contributed by atoms with Crippen molar-refractivity contribution in [1.82, 2.24) is 4.90 Å². The van der Waals surface area contributed by atoms with Gasteiger partial charge in [-0.25, -0.2) is 0 Å². The number of para-hydroxylation sites is 1. The fraction of sp³-hybridized carbons (Fsp3) is 0.171. The average molecular weight is 564 g/mol. The standard InChI is InChI=1S/C35H28Cl2N2O/c36-27-16-12-24(13-17-27)22-35-20-21-38(33(40)30-9-5-7-26-6-1-2-8-29(26)30)34(35)39(32-11-4-3-10-31(32)35)23-25-14-18-28(37)19-15-25/h1-19,34H,20-23H2. The molecular formula is C35H28Cl2N2O. The predicted octanol–water partition coefficient (Wildman–Crippen LogP) is 8.52. The second-order valence-electron chi connectivity index (χ2n) is 10.9. The second-order valence-corrected chi connectivity index (χ2v) is 11.8. The van der Waals surface area contributed by atoms with Crippen LogP contribution in [-0.4, -0.2) is 23.5 Å². The average Bonchev–Trinajstić information content (AvgIpc) is 3.48. The van der Waals surface area contributed by atoms with Crippen molar-refractivity contribution >= 4 is 45.6 Å². The van der Waals surface area contributed by atoms with Gasteiger partial charge >= 0.3 is 0 Å². The van der Waals surface area contributed by atoms with Gasteiger partial charge in [0.2, 0.25) is 0 Å². The molecule has 0 N–H and O–H groups in total. The molecule has 7 rings (SSSR count). The van der Waals surface area contributed by atoms with Gasteiger partial charge in [0.15, 0.2) is 0 Å². The summed E-state index contributed by atoms with van der Waals surface area (Å²) in [5.41, 5.74) is 5.37. The first-order chi connectivity index (χ1) is 19.5. The molecule has 3 nitrogen and oxygen atoms in total. The zero-order valence-corrected chi connectivity index (χ0v) is 23.4. The zero-order valence-electron chi connectivity index (χ0n) is 21.9. The Labute approximate surface area is 244 Å². The molecule has 0 spiro atoms. The third kappa shape index (κ3) is 4.16. The first kappa shape index (κ1) is 25.2. The summed E-state index contributed by atoms with van der Waals surface area (Å²) < 4.78 is 0. The number of benzene rings is 5. The molecule has 198 valence electrons. The summed E-state index contributed by atoms with van der Waals surface area (Å²) in [6.45, 7) is 1.37. The molecule has 2 aliphatic heterocycles. The second kappa shape index (κ2) is 9.99. The van der Waals surface area contributed by atoms with E-state index in [1.807, 2.05) is 48.5 Å². The van der Waals surface area contributed by atoms with Crippen LogP contribution >= 0.6 is 23.2 Å². The van der Waals surface area contributed by atoms with E-state index in [1.54, 1.807) is 0 Å². The quantitative estimate of drug-likeness (QED) is 0.214. The van der Waals surface area contributed by atoms with E-state index in [4.69, 9.17) is 23.2 Å². The molecule has 5 aromatic rings. The van der Waals surface area contributed by atoms with Gasteiger partial charge in [-0.15, -0.1) is 0 Å². The monoisotopic (exact) mass is 562 g/mol. The summed E-state index contributed by atoms with van der Waals surface area (Å²) >= 11 is 12.5. The molecule has 40 heavy (non-hydrogen) atoms. The molecule has 1 saturated heterocycles. The van der Waals surface area contributed by atoms with E-state index in [0.29, 0.717) is 13.1 Å². The van der Waals surface area contributed by atoms with E-state index in [-0.39, 0.29) is 17.5 Å². The van der Waals surface area contributed by atoms with E-state index in [1.165, 1.54) is 16.8 Å². The van der Waals surface area contributed by atoms with E-state index < -0.39 is 0 Å².